The van der Waals surface area contributed by atoms with Crippen molar-refractivity contribution in [2.24, 2.45) is 0 Å². The van der Waals surface area contributed by atoms with E-state index in [1.807, 2.05) is 14.0 Å². The molecular formula is C8H13N3O. The molecule has 12 heavy (non-hydrogen) atoms. The fraction of sp³-hybridized carbons (Fsp3) is 0.500. The van der Waals surface area contributed by atoms with Gasteiger partial charge < -0.3 is 5.32 Å². The molecule has 0 radical (unpaired) electrons. The molecule has 0 aromatic carbocycles. The number of aromatic nitrogens is 2. The Morgan fingerprint density at radius 3 is 3.08 bits per heavy atom. The van der Waals surface area contributed by atoms with Crippen LogP contribution in [0, 0.1) is 0 Å². The minimum atomic E-state index is -0.0559. The van der Waals surface area contributed by atoms with Gasteiger partial charge in [0.15, 0.2) is 0 Å². The Morgan fingerprint density at radius 1 is 1.75 bits per heavy atom. The molecule has 0 fully saturated rings. The summed E-state index contributed by atoms with van der Waals surface area (Å²) in [6.45, 7) is 2.61. The van der Waals surface area contributed by atoms with Gasteiger partial charge in [0.25, 0.3) is 5.56 Å². The fourth-order valence-corrected chi connectivity index (χ4v) is 0.875. The van der Waals surface area contributed by atoms with Crippen LogP contribution in [-0.2, 0) is 6.54 Å². The van der Waals surface area contributed by atoms with Crippen molar-refractivity contribution in [2.45, 2.75) is 19.5 Å². The van der Waals surface area contributed by atoms with Gasteiger partial charge in [0.05, 0.1) is 6.54 Å². The van der Waals surface area contributed by atoms with Crippen LogP contribution < -0.4 is 10.9 Å². The fourth-order valence-electron chi connectivity index (χ4n) is 0.875. The Hall–Kier alpha value is -1.16. The standard InChI is InChI=1S/C8H13N3O/c1-7(9-2)6-11-8(12)4-3-5-10-11/h3-5,7,9H,6H2,1-2H3. The molecule has 0 aliphatic heterocycles. The van der Waals surface area contributed by atoms with E-state index in [2.05, 4.69) is 10.4 Å². The average molecular weight is 167 g/mol. The zero-order valence-electron chi connectivity index (χ0n) is 7.32. The van der Waals surface area contributed by atoms with Crippen LogP contribution in [0.4, 0.5) is 0 Å². The zero-order valence-corrected chi connectivity index (χ0v) is 7.32. The minimum absolute atomic E-state index is 0.0559. The van der Waals surface area contributed by atoms with Crippen molar-refractivity contribution in [1.29, 1.82) is 0 Å². The van der Waals surface area contributed by atoms with Crippen molar-refractivity contribution in [1.82, 2.24) is 15.1 Å². The molecule has 0 spiro atoms. The topological polar surface area (TPSA) is 46.9 Å². The van der Waals surface area contributed by atoms with Crippen molar-refractivity contribution in [3.05, 3.63) is 28.7 Å². The summed E-state index contributed by atoms with van der Waals surface area (Å²) < 4.78 is 1.45. The van der Waals surface area contributed by atoms with Crippen LogP contribution in [-0.4, -0.2) is 22.9 Å². The van der Waals surface area contributed by atoms with E-state index >= 15 is 0 Å². The summed E-state index contributed by atoms with van der Waals surface area (Å²) in [5, 5.41) is 6.97. The first-order valence-corrected chi connectivity index (χ1v) is 3.93. The highest BCUT2D eigenvalue weighted by atomic mass is 16.1. The van der Waals surface area contributed by atoms with E-state index in [9.17, 15) is 4.79 Å². The smallest absolute Gasteiger partial charge is 0.266 e. The van der Waals surface area contributed by atoms with Crippen LogP contribution in [0.5, 0.6) is 0 Å². The summed E-state index contributed by atoms with van der Waals surface area (Å²) in [4.78, 5) is 11.1. The zero-order chi connectivity index (χ0) is 8.97. The van der Waals surface area contributed by atoms with E-state index in [0.29, 0.717) is 6.54 Å². The van der Waals surface area contributed by atoms with Crippen LogP contribution in [0.2, 0.25) is 0 Å². The summed E-state index contributed by atoms with van der Waals surface area (Å²) in [7, 11) is 1.86. The Kier molecular flexibility index (Phi) is 2.99. The predicted molar refractivity (Wildman–Crippen MR) is 47.0 cm³/mol. The number of nitrogens with one attached hydrogen (secondary N) is 1. The normalized spacial score (nSPS) is 12.8. The van der Waals surface area contributed by atoms with Gasteiger partial charge in [-0.1, -0.05) is 0 Å². The number of hydrogen-bond acceptors (Lipinski definition) is 3. The van der Waals surface area contributed by atoms with Crippen molar-refractivity contribution in [2.75, 3.05) is 7.05 Å². The molecule has 0 saturated carbocycles. The Bertz CT molecular complexity index is 294. The Balaban J connectivity index is 2.76. The maximum atomic E-state index is 11.1. The molecule has 0 amide bonds. The van der Waals surface area contributed by atoms with E-state index in [1.165, 1.54) is 10.7 Å². The molecule has 1 aromatic rings. The molecule has 66 valence electrons. The van der Waals surface area contributed by atoms with Crippen LogP contribution in [0.1, 0.15) is 6.92 Å². The van der Waals surface area contributed by atoms with E-state index < -0.39 is 0 Å². The summed E-state index contributed by atoms with van der Waals surface area (Å²) in [6, 6.07) is 3.41. The molecule has 4 heteroatoms. The van der Waals surface area contributed by atoms with Gasteiger partial charge in [-0.25, -0.2) is 4.68 Å². The van der Waals surface area contributed by atoms with Crippen molar-refractivity contribution >= 4 is 0 Å². The lowest BCUT2D eigenvalue weighted by atomic mass is 10.3. The molecule has 1 unspecified atom stereocenters. The molecule has 0 aliphatic rings. The van der Waals surface area contributed by atoms with Crippen LogP contribution in [0.3, 0.4) is 0 Å². The predicted octanol–water partition coefficient (Wildman–Crippen LogP) is -0.149. The maximum Gasteiger partial charge on any atom is 0.266 e. The van der Waals surface area contributed by atoms with Gasteiger partial charge in [0.1, 0.15) is 0 Å². The second kappa shape index (κ2) is 4.01. The summed E-state index contributed by atoms with van der Waals surface area (Å²) in [5.74, 6) is 0. The third kappa shape index (κ3) is 2.17. The van der Waals surface area contributed by atoms with Gasteiger partial charge in [-0.15, -0.1) is 0 Å². The van der Waals surface area contributed by atoms with E-state index in [0.717, 1.165) is 0 Å². The van der Waals surface area contributed by atoms with Gasteiger partial charge in [-0.3, -0.25) is 4.79 Å². The summed E-state index contributed by atoms with van der Waals surface area (Å²) in [5.41, 5.74) is -0.0559. The molecule has 0 saturated heterocycles. The first kappa shape index (κ1) is 8.93. The van der Waals surface area contributed by atoms with E-state index in [-0.39, 0.29) is 11.6 Å². The number of rotatable bonds is 3. The maximum absolute atomic E-state index is 11.1. The molecule has 1 atom stereocenters. The van der Waals surface area contributed by atoms with Gasteiger partial charge in [-0.2, -0.15) is 5.10 Å². The molecule has 0 aliphatic carbocycles. The molecule has 1 N–H and O–H groups in total. The molecule has 4 nitrogen and oxygen atoms in total. The van der Waals surface area contributed by atoms with Gasteiger partial charge in [-0.05, 0) is 20.0 Å². The monoisotopic (exact) mass is 167 g/mol. The Morgan fingerprint density at radius 2 is 2.50 bits per heavy atom. The second-order valence-corrected chi connectivity index (χ2v) is 2.73. The lowest BCUT2D eigenvalue weighted by Crippen LogP contribution is -2.33. The lowest BCUT2D eigenvalue weighted by molar-refractivity contribution is 0.464. The van der Waals surface area contributed by atoms with Crippen LogP contribution in [0.15, 0.2) is 23.1 Å². The van der Waals surface area contributed by atoms with Crippen LogP contribution in [0.25, 0.3) is 0 Å². The molecule has 1 aromatic heterocycles. The highest BCUT2D eigenvalue weighted by Gasteiger charge is 2.00. The molecule has 1 rings (SSSR count). The first-order valence-electron chi connectivity index (χ1n) is 3.93. The molecular weight excluding hydrogens is 154 g/mol. The van der Waals surface area contributed by atoms with Crippen molar-refractivity contribution in [3.63, 3.8) is 0 Å². The minimum Gasteiger partial charge on any atom is -0.315 e. The van der Waals surface area contributed by atoms with Gasteiger partial charge >= 0.3 is 0 Å². The van der Waals surface area contributed by atoms with Crippen molar-refractivity contribution in [3.8, 4) is 0 Å². The quantitative estimate of drug-likeness (QED) is 0.681. The third-order valence-corrected chi connectivity index (χ3v) is 1.72. The highest BCUT2D eigenvalue weighted by Crippen LogP contribution is 1.83. The number of nitrogens with zero attached hydrogens (tertiary/aromatic N) is 2. The third-order valence-electron chi connectivity index (χ3n) is 1.72. The molecule has 1 heterocycles. The largest absolute Gasteiger partial charge is 0.315 e. The SMILES string of the molecule is CNC(C)Cn1ncccc1=O. The van der Waals surface area contributed by atoms with Gasteiger partial charge in [0.2, 0.25) is 0 Å². The highest BCUT2D eigenvalue weighted by molar-refractivity contribution is 4.85. The van der Waals surface area contributed by atoms with Crippen molar-refractivity contribution < 1.29 is 0 Å². The number of likely N-dealkylation sites (N-methyl/N-ethyl adjacent to an activating group) is 1. The summed E-state index contributed by atoms with van der Waals surface area (Å²) >= 11 is 0. The lowest BCUT2D eigenvalue weighted by Gasteiger charge is -2.09. The summed E-state index contributed by atoms with van der Waals surface area (Å²) in [6.07, 6.45) is 1.61. The Labute approximate surface area is 71.2 Å². The second-order valence-electron chi connectivity index (χ2n) is 2.73. The van der Waals surface area contributed by atoms with E-state index in [4.69, 9.17) is 0 Å². The van der Waals surface area contributed by atoms with E-state index in [1.54, 1.807) is 12.3 Å². The average Bonchev–Trinajstić information content (AvgIpc) is 2.09. The first-order chi connectivity index (χ1) is 5.74. The van der Waals surface area contributed by atoms with Crippen LogP contribution >= 0.6 is 0 Å². The molecule has 0 bridgehead atoms. The van der Waals surface area contributed by atoms with Gasteiger partial charge in [0, 0.05) is 18.3 Å². The number of hydrogen-bond donors (Lipinski definition) is 1.